The number of nitrogens with zero attached hydrogens (tertiary/aromatic N) is 1. The predicted molar refractivity (Wildman–Crippen MR) is 48.4 cm³/mol. The molecule has 2 rings (SSSR count). The van der Waals surface area contributed by atoms with Gasteiger partial charge in [0.05, 0.1) is 11.5 Å². The summed E-state index contributed by atoms with van der Waals surface area (Å²) in [6.07, 6.45) is 1.37. The van der Waals surface area contributed by atoms with Crippen molar-refractivity contribution in [3.05, 3.63) is 34.2 Å². The van der Waals surface area contributed by atoms with Gasteiger partial charge in [-0.25, -0.2) is 0 Å². The molecule has 0 fully saturated rings. The number of aromatic hydroxyl groups is 1. The van der Waals surface area contributed by atoms with E-state index in [2.05, 4.69) is 9.97 Å². The van der Waals surface area contributed by atoms with E-state index in [0.29, 0.717) is 0 Å². The van der Waals surface area contributed by atoms with Crippen LogP contribution < -0.4 is 40.2 Å². The Balaban J connectivity index is 0.00000128. The average Bonchev–Trinajstić information content (AvgIpc) is 2.17. The second kappa shape index (κ2) is 4.65. The van der Waals surface area contributed by atoms with Crippen LogP contribution in [0.1, 0.15) is 10.4 Å². The second-order valence-electron chi connectivity index (χ2n) is 2.86. The molecule has 0 atom stereocenters. The minimum Gasteiger partial charge on any atom is -0.544 e. The van der Waals surface area contributed by atoms with Gasteiger partial charge in [-0.2, -0.15) is 0 Å². The van der Waals surface area contributed by atoms with Crippen molar-refractivity contribution >= 4 is 17.0 Å². The summed E-state index contributed by atoms with van der Waals surface area (Å²) in [4.78, 5) is 27.8. The first-order valence-corrected chi connectivity index (χ1v) is 4.02. The molecule has 2 N–H and O–H groups in total. The zero-order chi connectivity index (χ0) is 11.0. The van der Waals surface area contributed by atoms with E-state index >= 15 is 0 Å². The molecular weight excluding hydrogens is 223 g/mol. The first-order valence-electron chi connectivity index (χ1n) is 4.02. The fourth-order valence-electron chi connectivity index (χ4n) is 1.29. The van der Waals surface area contributed by atoms with Crippen molar-refractivity contribution in [2.75, 3.05) is 0 Å². The summed E-state index contributed by atoms with van der Waals surface area (Å²) in [5.74, 6) is -2.41. The molecular formula is C9H5N2NaO4. The Morgan fingerprint density at radius 1 is 1.50 bits per heavy atom. The van der Waals surface area contributed by atoms with Crippen LogP contribution in [-0.2, 0) is 0 Å². The normalized spacial score (nSPS) is 9.75. The predicted octanol–water partition coefficient (Wildman–Crippen LogP) is -4.00. The maximum absolute atomic E-state index is 11.2. The van der Waals surface area contributed by atoms with Crippen molar-refractivity contribution in [2.45, 2.75) is 0 Å². The molecule has 0 amide bonds. The van der Waals surface area contributed by atoms with Gasteiger partial charge in [-0.3, -0.25) is 9.78 Å². The van der Waals surface area contributed by atoms with Gasteiger partial charge in [-0.1, -0.05) is 0 Å². The maximum atomic E-state index is 11.2. The van der Waals surface area contributed by atoms with E-state index in [0.717, 1.165) is 0 Å². The van der Waals surface area contributed by atoms with Crippen LogP contribution in [0, 0.1) is 0 Å². The number of aromatic nitrogens is 2. The van der Waals surface area contributed by atoms with Gasteiger partial charge in [0.15, 0.2) is 5.75 Å². The van der Waals surface area contributed by atoms with Gasteiger partial charge in [0, 0.05) is 6.20 Å². The SMILES string of the molecule is O=C([O-])c1c(O)c2ncccc2[nH]c1=O.[Na+]. The number of aromatic carboxylic acids is 1. The molecule has 76 valence electrons. The number of carbonyl (C=O) groups excluding carboxylic acids is 1. The van der Waals surface area contributed by atoms with Crippen molar-refractivity contribution in [1.29, 1.82) is 0 Å². The smallest absolute Gasteiger partial charge is 0.544 e. The maximum Gasteiger partial charge on any atom is 1.00 e. The third-order valence-electron chi connectivity index (χ3n) is 1.95. The number of hydrogen-bond donors (Lipinski definition) is 2. The fraction of sp³-hybridized carbons (Fsp3) is 0. The van der Waals surface area contributed by atoms with Crippen molar-refractivity contribution in [2.24, 2.45) is 0 Å². The summed E-state index contributed by atoms with van der Waals surface area (Å²) >= 11 is 0. The molecule has 6 nitrogen and oxygen atoms in total. The number of H-pyrrole nitrogens is 1. The molecule has 2 aromatic heterocycles. The summed E-state index contributed by atoms with van der Waals surface area (Å²) in [6.45, 7) is 0. The van der Waals surface area contributed by atoms with Crippen molar-refractivity contribution in [3.8, 4) is 5.75 Å². The largest absolute Gasteiger partial charge is 1.00 e. The molecule has 0 aliphatic heterocycles. The minimum atomic E-state index is -1.73. The zero-order valence-corrected chi connectivity index (χ0v) is 10.4. The number of aromatic amines is 1. The van der Waals surface area contributed by atoms with E-state index in [1.807, 2.05) is 0 Å². The van der Waals surface area contributed by atoms with Gasteiger partial charge in [-0.15, -0.1) is 0 Å². The first kappa shape index (κ1) is 12.7. The molecule has 0 radical (unpaired) electrons. The molecule has 0 bridgehead atoms. The Morgan fingerprint density at radius 3 is 2.81 bits per heavy atom. The van der Waals surface area contributed by atoms with Crippen LogP contribution in [-0.4, -0.2) is 21.0 Å². The van der Waals surface area contributed by atoms with Gasteiger partial charge in [0.2, 0.25) is 0 Å². The van der Waals surface area contributed by atoms with Crippen molar-refractivity contribution in [1.82, 2.24) is 9.97 Å². The number of carboxylic acids is 1. The van der Waals surface area contributed by atoms with Gasteiger partial charge in [0.1, 0.15) is 11.1 Å². The van der Waals surface area contributed by atoms with Crippen LogP contribution >= 0.6 is 0 Å². The first-order chi connectivity index (χ1) is 7.11. The van der Waals surface area contributed by atoms with Gasteiger partial charge >= 0.3 is 29.6 Å². The Kier molecular flexibility index (Phi) is 3.69. The van der Waals surface area contributed by atoms with E-state index < -0.39 is 22.8 Å². The number of carbonyl (C=O) groups is 1. The molecule has 7 heteroatoms. The third kappa shape index (κ3) is 1.95. The summed E-state index contributed by atoms with van der Waals surface area (Å²) < 4.78 is 0. The van der Waals surface area contributed by atoms with Crippen molar-refractivity contribution in [3.63, 3.8) is 0 Å². The number of pyridine rings is 2. The van der Waals surface area contributed by atoms with Gasteiger partial charge < -0.3 is 20.0 Å². The van der Waals surface area contributed by atoms with Crippen LogP contribution in [0.2, 0.25) is 0 Å². The van der Waals surface area contributed by atoms with E-state index in [-0.39, 0.29) is 40.6 Å². The number of nitrogens with one attached hydrogen (secondary N) is 1. The number of carboxylic acid groups (broad SMARTS) is 1. The van der Waals surface area contributed by atoms with E-state index in [1.165, 1.54) is 12.3 Å². The summed E-state index contributed by atoms with van der Waals surface area (Å²) in [6, 6.07) is 3.05. The van der Waals surface area contributed by atoms with Crippen LogP contribution in [0.5, 0.6) is 5.75 Å². The second-order valence-corrected chi connectivity index (χ2v) is 2.86. The van der Waals surface area contributed by atoms with E-state index in [9.17, 15) is 19.8 Å². The van der Waals surface area contributed by atoms with Crippen LogP contribution in [0.15, 0.2) is 23.1 Å². The molecule has 0 aromatic carbocycles. The summed E-state index contributed by atoms with van der Waals surface area (Å²) in [5.41, 5.74) is -1.42. The Labute approximate surface area is 111 Å². The van der Waals surface area contributed by atoms with Crippen LogP contribution in [0.4, 0.5) is 0 Å². The van der Waals surface area contributed by atoms with Gasteiger partial charge in [-0.05, 0) is 12.1 Å². The molecule has 0 aliphatic rings. The third-order valence-corrected chi connectivity index (χ3v) is 1.95. The molecule has 16 heavy (non-hydrogen) atoms. The quantitative estimate of drug-likeness (QED) is 0.484. The molecule has 0 unspecified atom stereocenters. The average molecular weight is 228 g/mol. The fourth-order valence-corrected chi connectivity index (χ4v) is 1.29. The summed E-state index contributed by atoms with van der Waals surface area (Å²) in [7, 11) is 0. The Morgan fingerprint density at radius 2 is 2.19 bits per heavy atom. The van der Waals surface area contributed by atoms with E-state index in [1.54, 1.807) is 6.07 Å². The molecule has 0 spiro atoms. The van der Waals surface area contributed by atoms with Crippen LogP contribution in [0.3, 0.4) is 0 Å². The van der Waals surface area contributed by atoms with Crippen LogP contribution in [0.25, 0.3) is 11.0 Å². The summed E-state index contributed by atoms with van der Waals surface area (Å²) in [5, 5.41) is 20.1. The van der Waals surface area contributed by atoms with E-state index in [4.69, 9.17) is 0 Å². The monoisotopic (exact) mass is 228 g/mol. The standard InChI is InChI=1S/C9H6N2O4.Na/c12-7-5(9(14)15)8(13)11-4-2-1-3-10-6(4)7;/h1-3H,(H,14,15)(H2,11,12,13);/q;+1/p-1. The molecule has 0 saturated heterocycles. The topological polar surface area (TPSA) is 106 Å². The molecule has 0 aliphatic carbocycles. The number of rotatable bonds is 1. The van der Waals surface area contributed by atoms with Gasteiger partial charge in [0.25, 0.3) is 5.56 Å². The molecule has 0 saturated carbocycles. The Bertz CT molecular complexity index is 608. The molecule has 2 heterocycles. The van der Waals surface area contributed by atoms with Crippen molar-refractivity contribution < 1.29 is 44.6 Å². The minimum absolute atomic E-state index is 0. The molecule has 2 aromatic rings. The zero-order valence-electron chi connectivity index (χ0n) is 8.35. The number of fused-ring (bicyclic) bond motifs is 1. The Hall–Kier alpha value is -1.37. The number of hydrogen-bond acceptors (Lipinski definition) is 5.